The minimum Gasteiger partial charge on any atom is -0.493 e. The molecule has 196 valence electrons. The first-order chi connectivity index (χ1) is 18.0. The number of para-hydroxylation sites is 1. The zero-order valence-electron chi connectivity index (χ0n) is 21.5. The Bertz CT molecular complexity index is 1220. The lowest BCUT2D eigenvalue weighted by atomic mass is 10.00. The van der Waals surface area contributed by atoms with Crippen LogP contribution < -0.4 is 29.2 Å². The Morgan fingerprint density at radius 2 is 1.62 bits per heavy atom. The van der Waals surface area contributed by atoms with Crippen LogP contribution in [-0.2, 0) is 4.79 Å². The monoisotopic (exact) mass is 508 g/mol. The number of nitrogens with zero attached hydrogens (tertiary/aromatic N) is 1. The van der Waals surface area contributed by atoms with Crippen molar-refractivity contribution in [3.05, 3.63) is 66.1 Å². The number of hydrogen-bond acceptors (Lipinski definition) is 7. The molecule has 2 amide bonds. The van der Waals surface area contributed by atoms with E-state index >= 15 is 0 Å². The normalized spacial score (nSPS) is 14.1. The molecule has 9 heteroatoms. The predicted octanol–water partition coefficient (Wildman–Crippen LogP) is 4.76. The number of carbonyl (C=O) groups is 2. The summed E-state index contributed by atoms with van der Waals surface area (Å²) >= 11 is 0. The van der Waals surface area contributed by atoms with Gasteiger partial charge in [0, 0.05) is 23.4 Å². The van der Waals surface area contributed by atoms with E-state index in [0.717, 1.165) is 25.7 Å². The second kappa shape index (κ2) is 11.7. The van der Waals surface area contributed by atoms with Crippen molar-refractivity contribution in [1.29, 1.82) is 0 Å². The molecular weight excluding hydrogens is 476 g/mol. The molecule has 0 spiro atoms. The van der Waals surface area contributed by atoms with E-state index in [4.69, 9.17) is 23.4 Å². The van der Waals surface area contributed by atoms with Crippen LogP contribution in [0.2, 0.25) is 0 Å². The number of anilines is 1. The molecule has 3 aromatic rings. The van der Waals surface area contributed by atoms with Gasteiger partial charge >= 0.3 is 0 Å². The predicted molar refractivity (Wildman–Crippen MR) is 138 cm³/mol. The van der Waals surface area contributed by atoms with Gasteiger partial charge in [0.15, 0.2) is 28.8 Å². The maximum atomic E-state index is 14.0. The van der Waals surface area contributed by atoms with Crippen LogP contribution in [0.5, 0.6) is 23.0 Å². The highest BCUT2D eigenvalue weighted by atomic mass is 16.5. The largest absolute Gasteiger partial charge is 0.493 e. The van der Waals surface area contributed by atoms with Crippen molar-refractivity contribution in [2.75, 3.05) is 33.3 Å². The molecule has 1 atom stereocenters. The molecule has 37 heavy (non-hydrogen) atoms. The van der Waals surface area contributed by atoms with Crippen LogP contribution in [0.1, 0.15) is 47.8 Å². The third-order valence-corrected chi connectivity index (χ3v) is 6.53. The quantitative estimate of drug-likeness (QED) is 0.421. The van der Waals surface area contributed by atoms with E-state index in [9.17, 15) is 9.59 Å². The van der Waals surface area contributed by atoms with Crippen LogP contribution in [0.25, 0.3) is 0 Å². The number of ether oxygens (including phenoxy) is 4. The van der Waals surface area contributed by atoms with Gasteiger partial charge in [0.1, 0.15) is 6.04 Å². The maximum Gasteiger partial charge on any atom is 0.294 e. The average molecular weight is 509 g/mol. The fraction of sp³-hybridized carbons (Fsp3) is 0.357. The summed E-state index contributed by atoms with van der Waals surface area (Å²) in [6, 6.07) is 12.4. The number of carbonyl (C=O) groups excluding carboxylic acids is 2. The van der Waals surface area contributed by atoms with Crippen LogP contribution >= 0.6 is 0 Å². The zero-order valence-corrected chi connectivity index (χ0v) is 21.5. The number of nitrogens with one attached hydrogen (secondary N) is 1. The van der Waals surface area contributed by atoms with Crippen molar-refractivity contribution in [3.63, 3.8) is 0 Å². The Hall–Kier alpha value is -4.14. The molecule has 0 radical (unpaired) electrons. The fourth-order valence-corrected chi connectivity index (χ4v) is 4.75. The first-order valence-electron chi connectivity index (χ1n) is 12.1. The molecule has 9 nitrogen and oxygen atoms in total. The van der Waals surface area contributed by atoms with Crippen molar-refractivity contribution in [1.82, 2.24) is 5.32 Å². The number of benzene rings is 2. The minimum atomic E-state index is -1.11. The summed E-state index contributed by atoms with van der Waals surface area (Å²) < 4.78 is 27.6. The Morgan fingerprint density at radius 3 is 2.24 bits per heavy atom. The summed E-state index contributed by atoms with van der Waals surface area (Å²) in [4.78, 5) is 29.4. The molecule has 1 N–H and O–H groups in total. The zero-order chi connectivity index (χ0) is 26.4. The molecule has 0 bridgehead atoms. The summed E-state index contributed by atoms with van der Waals surface area (Å²) in [5, 5.41) is 3.15. The van der Waals surface area contributed by atoms with Gasteiger partial charge in [-0.05, 0) is 43.2 Å². The van der Waals surface area contributed by atoms with E-state index in [1.54, 1.807) is 48.5 Å². The molecule has 1 unspecified atom stereocenters. The fourth-order valence-electron chi connectivity index (χ4n) is 4.75. The van der Waals surface area contributed by atoms with E-state index < -0.39 is 11.9 Å². The molecule has 2 aromatic carbocycles. The van der Waals surface area contributed by atoms with Gasteiger partial charge in [-0.2, -0.15) is 0 Å². The Kier molecular flexibility index (Phi) is 8.22. The van der Waals surface area contributed by atoms with Crippen LogP contribution in [0, 0.1) is 0 Å². The molecule has 1 aliphatic carbocycles. The molecule has 1 heterocycles. The summed E-state index contributed by atoms with van der Waals surface area (Å²) in [6.07, 6.45) is 5.28. The van der Waals surface area contributed by atoms with Crippen molar-refractivity contribution >= 4 is 17.5 Å². The van der Waals surface area contributed by atoms with Crippen LogP contribution in [0.4, 0.5) is 5.69 Å². The number of rotatable bonds is 10. The lowest BCUT2D eigenvalue weighted by Crippen LogP contribution is -2.46. The second-order valence-corrected chi connectivity index (χ2v) is 8.67. The molecule has 1 saturated carbocycles. The van der Waals surface area contributed by atoms with Crippen molar-refractivity contribution < 1.29 is 33.0 Å². The van der Waals surface area contributed by atoms with Crippen LogP contribution in [-0.4, -0.2) is 46.3 Å². The van der Waals surface area contributed by atoms with E-state index in [-0.39, 0.29) is 17.7 Å². The maximum absolute atomic E-state index is 14.0. The molecule has 1 fully saturated rings. The lowest BCUT2D eigenvalue weighted by Gasteiger charge is -2.33. The van der Waals surface area contributed by atoms with Gasteiger partial charge in [0.25, 0.3) is 5.91 Å². The summed E-state index contributed by atoms with van der Waals surface area (Å²) in [6.45, 7) is 0. The standard InChI is InChI=1S/C28H32N2O7/c1-33-21-15-14-19(17-24(21)35-3)30(28(32)23-13-8-16-37-23)25(27(31)29-18-9-5-6-10-18)20-11-7-12-22(34-2)26(20)36-4/h7-8,11-18,25H,5-6,9-10H2,1-4H3,(H,29,31). The summed E-state index contributed by atoms with van der Waals surface area (Å²) in [5.41, 5.74) is 0.877. The van der Waals surface area contributed by atoms with Crippen molar-refractivity contribution in [3.8, 4) is 23.0 Å². The van der Waals surface area contributed by atoms with Crippen LogP contribution in [0.15, 0.2) is 59.2 Å². The molecule has 4 rings (SSSR count). The van der Waals surface area contributed by atoms with Gasteiger partial charge < -0.3 is 28.7 Å². The van der Waals surface area contributed by atoms with E-state index in [1.165, 1.54) is 39.6 Å². The Balaban J connectivity index is 1.92. The lowest BCUT2D eigenvalue weighted by molar-refractivity contribution is -0.123. The molecule has 0 saturated heterocycles. The summed E-state index contributed by atoms with van der Waals surface area (Å²) in [7, 11) is 6.07. The highest BCUT2D eigenvalue weighted by Gasteiger charge is 2.38. The molecule has 1 aliphatic rings. The third kappa shape index (κ3) is 5.35. The van der Waals surface area contributed by atoms with Gasteiger partial charge in [0.05, 0.1) is 34.7 Å². The highest BCUT2D eigenvalue weighted by molar-refractivity contribution is 6.09. The smallest absolute Gasteiger partial charge is 0.294 e. The first-order valence-corrected chi connectivity index (χ1v) is 12.1. The van der Waals surface area contributed by atoms with Crippen molar-refractivity contribution in [2.24, 2.45) is 0 Å². The number of hydrogen-bond donors (Lipinski definition) is 1. The number of methoxy groups -OCH3 is 4. The van der Waals surface area contributed by atoms with Gasteiger partial charge in [0.2, 0.25) is 5.91 Å². The number of furan rings is 1. The first kappa shape index (κ1) is 25.9. The summed E-state index contributed by atoms with van der Waals surface area (Å²) in [5.74, 6) is 0.926. The van der Waals surface area contributed by atoms with Crippen molar-refractivity contribution in [2.45, 2.75) is 37.8 Å². The Labute approximate surface area is 216 Å². The third-order valence-electron chi connectivity index (χ3n) is 6.53. The topological polar surface area (TPSA) is 99.5 Å². The van der Waals surface area contributed by atoms with Gasteiger partial charge in [-0.1, -0.05) is 25.0 Å². The highest BCUT2D eigenvalue weighted by Crippen LogP contribution is 2.41. The van der Waals surface area contributed by atoms with E-state index in [2.05, 4.69) is 5.32 Å². The van der Waals surface area contributed by atoms with Gasteiger partial charge in [-0.15, -0.1) is 0 Å². The molecule has 0 aliphatic heterocycles. The van der Waals surface area contributed by atoms with Crippen LogP contribution in [0.3, 0.4) is 0 Å². The minimum absolute atomic E-state index is 0.0255. The molecule has 1 aromatic heterocycles. The average Bonchev–Trinajstić information content (AvgIpc) is 3.65. The van der Waals surface area contributed by atoms with E-state index in [1.807, 2.05) is 0 Å². The SMILES string of the molecule is COc1ccc(N(C(=O)c2ccco2)C(C(=O)NC2CCCC2)c2cccc(OC)c2OC)cc1OC. The Morgan fingerprint density at radius 1 is 0.892 bits per heavy atom. The van der Waals surface area contributed by atoms with Gasteiger partial charge in [-0.25, -0.2) is 0 Å². The van der Waals surface area contributed by atoms with Gasteiger partial charge in [-0.3, -0.25) is 14.5 Å². The van der Waals surface area contributed by atoms with E-state index in [0.29, 0.717) is 34.2 Å². The second-order valence-electron chi connectivity index (χ2n) is 8.67. The number of amides is 2. The molecular formula is C28H32N2O7.